The number of nitrogens with two attached hydrogens (primary N) is 1. The number of amides is 1. The molecule has 1 aromatic carbocycles. The van der Waals surface area contributed by atoms with Crippen LogP contribution in [0.15, 0.2) is 35.4 Å². The van der Waals surface area contributed by atoms with E-state index in [4.69, 9.17) is 15.5 Å². The van der Waals surface area contributed by atoms with Gasteiger partial charge in [0.2, 0.25) is 0 Å². The van der Waals surface area contributed by atoms with Gasteiger partial charge in [-0.2, -0.15) is 0 Å². The van der Waals surface area contributed by atoms with Crippen molar-refractivity contribution in [2.75, 3.05) is 25.5 Å². The molecule has 3 aromatic rings. The summed E-state index contributed by atoms with van der Waals surface area (Å²) in [6.07, 6.45) is 4.69. The summed E-state index contributed by atoms with van der Waals surface area (Å²) in [7, 11) is -9.89. The molecule has 4 heterocycles. The number of halogens is 5. The normalized spacial score (nSPS) is 23.6. The van der Waals surface area contributed by atoms with Crippen LogP contribution in [0.3, 0.4) is 0 Å². The van der Waals surface area contributed by atoms with Crippen LogP contribution < -0.4 is 5.73 Å². The van der Waals surface area contributed by atoms with E-state index in [1.807, 2.05) is 13.0 Å². The number of piperidine rings is 1. The van der Waals surface area contributed by atoms with Crippen LogP contribution in [0.5, 0.6) is 0 Å². The summed E-state index contributed by atoms with van der Waals surface area (Å²) in [4.78, 5) is 25.1. The van der Waals surface area contributed by atoms with E-state index in [-0.39, 0.29) is 35.6 Å². The first-order chi connectivity index (χ1) is 17.2. The highest BCUT2D eigenvalue weighted by molar-refractivity contribution is 8.45. The smallest absolute Gasteiger partial charge is 0.310 e. The molecule has 7 nitrogen and oxygen atoms in total. The Morgan fingerprint density at radius 2 is 1.84 bits per heavy atom. The van der Waals surface area contributed by atoms with E-state index in [2.05, 4.69) is 9.97 Å². The van der Waals surface area contributed by atoms with Gasteiger partial charge in [-0.05, 0) is 68.4 Å². The van der Waals surface area contributed by atoms with Crippen molar-refractivity contribution in [3.05, 3.63) is 47.4 Å². The lowest BCUT2D eigenvalue weighted by atomic mass is 9.85. The van der Waals surface area contributed by atoms with Crippen molar-refractivity contribution in [3.63, 3.8) is 0 Å². The van der Waals surface area contributed by atoms with Gasteiger partial charge in [0.1, 0.15) is 10.7 Å². The topological polar surface area (TPSA) is 97.1 Å². The van der Waals surface area contributed by atoms with Gasteiger partial charge in [0.25, 0.3) is 5.91 Å². The fourth-order valence-corrected chi connectivity index (χ4v) is 6.01. The number of imidazole rings is 1. The molecule has 2 atom stereocenters. The number of hydrogen-bond acceptors (Lipinski definition) is 5. The van der Waals surface area contributed by atoms with Crippen LogP contribution >= 0.6 is 10.2 Å². The second-order valence-corrected chi connectivity index (χ2v) is 12.3. The zero-order valence-electron chi connectivity index (χ0n) is 20.1. The molecule has 0 saturated carbocycles. The minimum absolute atomic E-state index is 0.0976. The largest absolute Gasteiger partial charge is 0.398 e. The summed E-state index contributed by atoms with van der Waals surface area (Å²) in [5, 5.41) is 0. The molecular weight excluding hydrogens is 517 g/mol. The maximum Gasteiger partial charge on any atom is 0.310 e. The summed E-state index contributed by atoms with van der Waals surface area (Å²) < 4.78 is 71.1. The maximum atomic E-state index is 13.1. The Morgan fingerprint density at radius 3 is 2.49 bits per heavy atom. The van der Waals surface area contributed by atoms with E-state index in [0.717, 1.165) is 35.8 Å². The number of carbonyl (C=O) groups is 1. The molecule has 2 saturated heterocycles. The molecule has 0 unspecified atom stereocenters. The van der Waals surface area contributed by atoms with E-state index in [1.165, 1.54) is 4.90 Å². The zero-order valence-corrected chi connectivity index (χ0v) is 20.9. The summed E-state index contributed by atoms with van der Waals surface area (Å²) in [6.45, 7) is 3.57. The van der Waals surface area contributed by atoms with Gasteiger partial charge in [0.05, 0.1) is 11.1 Å². The van der Waals surface area contributed by atoms with Gasteiger partial charge in [0, 0.05) is 43.6 Å². The lowest BCUT2D eigenvalue weighted by molar-refractivity contribution is 0.0617. The molecule has 37 heavy (non-hydrogen) atoms. The van der Waals surface area contributed by atoms with E-state index in [1.54, 1.807) is 6.20 Å². The third kappa shape index (κ3) is 5.11. The number of benzene rings is 1. The third-order valence-corrected chi connectivity index (χ3v) is 8.47. The lowest BCUT2D eigenvalue weighted by Crippen LogP contribution is -2.44. The molecule has 0 radical (unpaired) electrons. The molecule has 2 aromatic heterocycles. The minimum Gasteiger partial charge on any atom is -0.398 e. The summed E-state index contributed by atoms with van der Waals surface area (Å²) >= 11 is 0. The van der Waals surface area contributed by atoms with Crippen molar-refractivity contribution < 1.29 is 29.0 Å². The van der Waals surface area contributed by atoms with E-state index < -0.39 is 26.7 Å². The average Bonchev–Trinajstić information content (AvgIpc) is 3.27. The first kappa shape index (κ1) is 25.7. The first-order valence-corrected chi connectivity index (χ1v) is 14.0. The van der Waals surface area contributed by atoms with Crippen molar-refractivity contribution in [1.29, 1.82) is 0 Å². The Bertz CT molecular complexity index is 1360. The molecule has 2 fully saturated rings. The number of nitrogens with one attached hydrogen (secondary N) is 1. The highest BCUT2D eigenvalue weighted by Gasteiger charge is 2.65. The SMILES string of the molecule is C[C@H]1C[C@H](c2ccnc3nc(C4CCOCC4)[nH]c23)CCN1C(=O)c1ccc(S(F)(F)(F)(F)F)cc1N. The quantitative estimate of drug-likeness (QED) is 0.288. The Balaban J connectivity index is 1.34. The third-order valence-electron chi connectivity index (χ3n) is 7.33. The van der Waals surface area contributed by atoms with Gasteiger partial charge >= 0.3 is 10.2 Å². The number of rotatable bonds is 4. The van der Waals surface area contributed by atoms with Gasteiger partial charge in [-0.1, -0.05) is 19.4 Å². The number of pyridine rings is 1. The molecule has 202 valence electrons. The van der Waals surface area contributed by atoms with Crippen molar-refractivity contribution in [2.24, 2.45) is 0 Å². The second kappa shape index (κ2) is 8.29. The number of H-pyrrole nitrogens is 1. The first-order valence-electron chi connectivity index (χ1n) is 12.1. The van der Waals surface area contributed by atoms with Gasteiger partial charge in [-0.3, -0.25) is 4.79 Å². The predicted molar refractivity (Wildman–Crippen MR) is 131 cm³/mol. The Labute approximate surface area is 210 Å². The minimum atomic E-state index is -9.89. The molecule has 2 aliphatic heterocycles. The van der Waals surface area contributed by atoms with Crippen LogP contribution in [-0.2, 0) is 4.74 Å². The number of aromatic amines is 1. The zero-order chi connectivity index (χ0) is 26.7. The fourth-order valence-electron chi connectivity index (χ4n) is 5.34. The average molecular weight is 546 g/mol. The molecule has 5 rings (SSSR count). The molecule has 13 heteroatoms. The number of carbonyl (C=O) groups excluding carboxylic acids is 1. The molecular formula is C24H28F5N5O2S. The lowest BCUT2D eigenvalue weighted by Gasteiger charge is -2.41. The van der Waals surface area contributed by atoms with E-state index in [0.29, 0.717) is 38.2 Å². The Kier molecular flexibility index (Phi) is 5.76. The standard InChI is InChI=1S/C24H28F5N5O2S/c1-14-12-16(18-4-8-31-23-21(18)32-22(33-23)15-6-10-36-11-7-15)5-9-34(14)24(35)19-3-2-17(13-20(19)30)37(25,26,27,28)29/h2-4,8,13-16H,5-7,9-12,30H2,1H3,(H,31,32,33)/t14-,16+/m0/s1. The van der Waals surface area contributed by atoms with Crippen LogP contribution in [0.4, 0.5) is 25.1 Å². The summed E-state index contributed by atoms with van der Waals surface area (Å²) in [6, 6.07) is 2.79. The monoisotopic (exact) mass is 545 g/mol. The number of nitrogens with zero attached hydrogens (tertiary/aromatic N) is 3. The maximum absolute atomic E-state index is 13.1. The fraction of sp³-hybridized carbons (Fsp3) is 0.458. The van der Waals surface area contributed by atoms with Crippen LogP contribution in [0.25, 0.3) is 11.2 Å². The van der Waals surface area contributed by atoms with Crippen molar-refractivity contribution in [1.82, 2.24) is 19.9 Å². The van der Waals surface area contributed by atoms with Crippen LogP contribution in [0.2, 0.25) is 0 Å². The van der Waals surface area contributed by atoms with Crippen molar-refractivity contribution in [2.45, 2.75) is 55.4 Å². The van der Waals surface area contributed by atoms with Gasteiger partial charge in [-0.15, -0.1) is 0 Å². The molecule has 0 aliphatic carbocycles. The Hall–Kier alpha value is -2.93. The Morgan fingerprint density at radius 1 is 1.11 bits per heavy atom. The van der Waals surface area contributed by atoms with E-state index in [9.17, 15) is 24.2 Å². The predicted octanol–water partition coefficient (Wildman–Crippen LogP) is 6.50. The molecule has 0 bridgehead atoms. The molecule has 3 N–H and O–H groups in total. The van der Waals surface area contributed by atoms with Gasteiger partial charge in [0.15, 0.2) is 5.65 Å². The van der Waals surface area contributed by atoms with Crippen molar-refractivity contribution >= 4 is 33.0 Å². The number of hydrogen-bond donors (Lipinski definition) is 2. The van der Waals surface area contributed by atoms with E-state index >= 15 is 0 Å². The molecule has 2 aliphatic rings. The van der Waals surface area contributed by atoms with Gasteiger partial charge < -0.3 is 20.4 Å². The number of aromatic nitrogens is 3. The summed E-state index contributed by atoms with van der Waals surface area (Å²) in [5.74, 6) is 0.690. The van der Waals surface area contributed by atoms with Gasteiger partial charge in [-0.25, -0.2) is 9.97 Å². The number of anilines is 1. The summed E-state index contributed by atoms with van der Waals surface area (Å²) in [5.41, 5.74) is 7.36. The highest BCUT2D eigenvalue weighted by atomic mass is 32.5. The second-order valence-electron chi connectivity index (χ2n) is 9.89. The number of fused-ring (bicyclic) bond motifs is 1. The van der Waals surface area contributed by atoms with Crippen LogP contribution in [0.1, 0.15) is 66.2 Å². The van der Waals surface area contributed by atoms with Crippen LogP contribution in [-0.4, -0.2) is 51.6 Å². The molecule has 1 amide bonds. The van der Waals surface area contributed by atoms with Crippen molar-refractivity contribution in [3.8, 4) is 0 Å². The molecule has 0 spiro atoms. The number of ether oxygens (including phenoxy) is 1. The number of likely N-dealkylation sites (tertiary alicyclic amines) is 1. The number of nitrogen functional groups attached to an aromatic ring is 1. The van der Waals surface area contributed by atoms with Crippen LogP contribution in [0, 0.1) is 0 Å². The highest BCUT2D eigenvalue weighted by Crippen LogP contribution is 3.02.